The molecule has 0 bridgehead atoms. The van der Waals surface area contributed by atoms with Crippen molar-refractivity contribution in [1.82, 2.24) is 0 Å². The zero-order valence-corrected chi connectivity index (χ0v) is 11.4. The minimum atomic E-state index is -0.274. The van der Waals surface area contributed by atoms with Crippen molar-refractivity contribution in [2.45, 2.75) is 48.5 Å². The molecule has 0 unspecified atom stereocenters. The summed E-state index contributed by atoms with van der Waals surface area (Å²) in [5.74, 6) is 0.0174. The zero-order valence-electron chi connectivity index (χ0n) is 11.4. The summed E-state index contributed by atoms with van der Waals surface area (Å²) in [6.07, 6.45) is 1.44. The fourth-order valence-corrected chi connectivity index (χ4v) is 0.453. The molecule has 0 rings (SSSR count). The second-order valence-corrected chi connectivity index (χ2v) is 3.00. The van der Waals surface area contributed by atoms with Crippen LogP contribution in [-0.2, 0) is 0 Å². The second kappa shape index (κ2) is 13.2. The third kappa shape index (κ3) is 13.2. The van der Waals surface area contributed by atoms with Gasteiger partial charge in [0.2, 0.25) is 0 Å². The van der Waals surface area contributed by atoms with E-state index in [0.29, 0.717) is 11.5 Å². The molecule has 0 atom stereocenters. The highest BCUT2D eigenvalue weighted by atomic mass is 19.1. The lowest BCUT2D eigenvalue weighted by Crippen LogP contribution is -1.89. The molecule has 0 fully saturated rings. The molecular formula is C14H27F. The van der Waals surface area contributed by atoms with E-state index < -0.39 is 0 Å². The van der Waals surface area contributed by atoms with Crippen molar-refractivity contribution in [2.24, 2.45) is 5.92 Å². The van der Waals surface area contributed by atoms with E-state index in [1.165, 1.54) is 6.08 Å². The topological polar surface area (TPSA) is 0 Å². The quantitative estimate of drug-likeness (QED) is 0.530. The Morgan fingerprint density at radius 2 is 1.40 bits per heavy atom. The fraction of sp³-hybridized carbons (Fsp3) is 0.571. The first kappa shape index (κ1) is 19.7. The summed E-state index contributed by atoms with van der Waals surface area (Å²) in [6.45, 7) is 20.8. The van der Waals surface area contributed by atoms with Crippen LogP contribution in [0.3, 0.4) is 0 Å². The number of halogens is 1. The van der Waals surface area contributed by atoms with Crippen LogP contribution in [0.5, 0.6) is 0 Å². The minimum absolute atomic E-state index is 0.274. The lowest BCUT2D eigenvalue weighted by molar-refractivity contribution is 0.646. The molecular weight excluding hydrogens is 187 g/mol. The molecule has 0 aromatic heterocycles. The van der Waals surface area contributed by atoms with Gasteiger partial charge in [0.1, 0.15) is 5.83 Å². The van der Waals surface area contributed by atoms with E-state index in [0.717, 1.165) is 5.57 Å². The van der Waals surface area contributed by atoms with Crippen LogP contribution in [-0.4, -0.2) is 0 Å². The van der Waals surface area contributed by atoms with Gasteiger partial charge >= 0.3 is 0 Å². The maximum absolute atomic E-state index is 12.8. The van der Waals surface area contributed by atoms with Crippen LogP contribution in [0.1, 0.15) is 48.5 Å². The average molecular weight is 214 g/mol. The SMILES string of the molecule is C=C(C)/C(F)=C\C(=C)C(C)C.CC.CC. The van der Waals surface area contributed by atoms with Crippen molar-refractivity contribution in [3.63, 3.8) is 0 Å². The highest BCUT2D eigenvalue weighted by Crippen LogP contribution is 2.15. The molecule has 0 radical (unpaired) electrons. The van der Waals surface area contributed by atoms with Crippen molar-refractivity contribution >= 4 is 0 Å². The highest BCUT2D eigenvalue weighted by molar-refractivity contribution is 5.29. The first-order valence-corrected chi connectivity index (χ1v) is 5.67. The summed E-state index contributed by atoms with van der Waals surface area (Å²) in [4.78, 5) is 0. The molecule has 1 heteroatoms. The minimum Gasteiger partial charge on any atom is -0.207 e. The van der Waals surface area contributed by atoms with Crippen LogP contribution in [0.25, 0.3) is 0 Å². The predicted molar refractivity (Wildman–Crippen MR) is 70.7 cm³/mol. The van der Waals surface area contributed by atoms with Gasteiger partial charge in [0.15, 0.2) is 0 Å². The Kier molecular flexibility index (Phi) is 17.3. The summed E-state index contributed by atoms with van der Waals surface area (Å²) in [5, 5.41) is 0. The van der Waals surface area contributed by atoms with Gasteiger partial charge in [-0.1, -0.05) is 54.7 Å². The Balaban J connectivity index is -0.000000318. The van der Waals surface area contributed by atoms with Crippen LogP contribution < -0.4 is 0 Å². The predicted octanol–water partition coefficient (Wildman–Crippen LogP) is 5.68. The molecule has 0 aromatic carbocycles. The Labute approximate surface area is 95.6 Å². The van der Waals surface area contributed by atoms with E-state index in [1.54, 1.807) is 6.92 Å². The van der Waals surface area contributed by atoms with E-state index >= 15 is 0 Å². The lowest BCUT2D eigenvalue weighted by atomic mass is 10.0. The molecule has 0 amide bonds. The summed E-state index contributed by atoms with van der Waals surface area (Å²) in [7, 11) is 0. The van der Waals surface area contributed by atoms with Gasteiger partial charge in [0.25, 0.3) is 0 Å². The normalized spacial score (nSPS) is 9.53. The standard InChI is InChI=1S/C10H15F.2C2H6/c1-7(2)9(5)6-10(11)8(3)4;2*1-2/h6-7H,3,5H2,1-2,4H3;2*1-2H3/b10-6+;;. The zero-order chi connectivity index (χ0) is 13.0. The Morgan fingerprint density at radius 3 is 1.60 bits per heavy atom. The molecule has 0 spiro atoms. The summed E-state index contributed by atoms with van der Waals surface area (Å²) in [6, 6.07) is 0. The monoisotopic (exact) mass is 214 g/mol. The van der Waals surface area contributed by atoms with E-state index in [1.807, 2.05) is 41.5 Å². The Morgan fingerprint density at radius 1 is 1.07 bits per heavy atom. The Bertz CT molecular complexity index is 197. The second-order valence-electron chi connectivity index (χ2n) is 3.00. The Hall–Kier alpha value is -0.850. The van der Waals surface area contributed by atoms with E-state index in [4.69, 9.17) is 0 Å². The lowest BCUT2D eigenvalue weighted by Gasteiger charge is -2.03. The van der Waals surface area contributed by atoms with Crippen molar-refractivity contribution < 1.29 is 4.39 Å². The van der Waals surface area contributed by atoms with Crippen LogP contribution in [0.2, 0.25) is 0 Å². The third-order valence-electron chi connectivity index (χ3n) is 1.46. The van der Waals surface area contributed by atoms with E-state index in [-0.39, 0.29) is 5.83 Å². The van der Waals surface area contributed by atoms with Crippen LogP contribution >= 0.6 is 0 Å². The van der Waals surface area contributed by atoms with Gasteiger partial charge in [0, 0.05) is 0 Å². The molecule has 0 saturated heterocycles. The van der Waals surface area contributed by atoms with Gasteiger partial charge in [-0.15, -0.1) is 0 Å². The number of allylic oxidation sites excluding steroid dienone is 4. The molecule has 0 aliphatic heterocycles. The van der Waals surface area contributed by atoms with Crippen LogP contribution in [0.4, 0.5) is 4.39 Å². The number of rotatable bonds is 3. The van der Waals surface area contributed by atoms with Gasteiger partial charge in [0.05, 0.1) is 0 Å². The van der Waals surface area contributed by atoms with Gasteiger partial charge in [-0.2, -0.15) is 0 Å². The van der Waals surface area contributed by atoms with Crippen molar-refractivity contribution in [3.8, 4) is 0 Å². The highest BCUT2D eigenvalue weighted by Gasteiger charge is 1.99. The average Bonchev–Trinajstić information content (AvgIpc) is 2.23. The summed E-state index contributed by atoms with van der Waals surface area (Å²) < 4.78 is 12.8. The molecule has 0 aliphatic carbocycles. The van der Waals surface area contributed by atoms with Crippen LogP contribution in [0.15, 0.2) is 36.2 Å². The fourth-order valence-electron chi connectivity index (χ4n) is 0.453. The van der Waals surface area contributed by atoms with Crippen molar-refractivity contribution in [1.29, 1.82) is 0 Å². The van der Waals surface area contributed by atoms with Crippen LogP contribution in [0, 0.1) is 5.92 Å². The molecule has 0 aliphatic rings. The van der Waals surface area contributed by atoms with Gasteiger partial charge in [-0.3, -0.25) is 0 Å². The van der Waals surface area contributed by atoms with Gasteiger partial charge in [-0.25, -0.2) is 4.39 Å². The number of hydrogen-bond donors (Lipinski definition) is 0. The molecule has 0 heterocycles. The van der Waals surface area contributed by atoms with E-state index in [2.05, 4.69) is 13.2 Å². The smallest absolute Gasteiger partial charge is 0.125 e. The maximum atomic E-state index is 12.8. The van der Waals surface area contributed by atoms with Crippen molar-refractivity contribution in [3.05, 3.63) is 36.2 Å². The summed E-state index contributed by atoms with van der Waals surface area (Å²) in [5.41, 5.74) is 1.25. The molecule has 0 N–H and O–H groups in total. The molecule has 90 valence electrons. The molecule has 0 aromatic rings. The molecule has 0 nitrogen and oxygen atoms in total. The first-order chi connectivity index (χ1) is 6.95. The van der Waals surface area contributed by atoms with Gasteiger partial charge < -0.3 is 0 Å². The van der Waals surface area contributed by atoms with Crippen molar-refractivity contribution in [2.75, 3.05) is 0 Å². The van der Waals surface area contributed by atoms with E-state index in [9.17, 15) is 4.39 Å². The third-order valence-corrected chi connectivity index (χ3v) is 1.46. The largest absolute Gasteiger partial charge is 0.207 e. The summed E-state index contributed by atoms with van der Waals surface area (Å²) >= 11 is 0. The molecule has 0 saturated carbocycles. The molecule has 15 heavy (non-hydrogen) atoms. The maximum Gasteiger partial charge on any atom is 0.125 e. The first-order valence-electron chi connectivity index (χ1n) is 5.67. The number of hydrogen-bond acceptors (Lipinski definition) is 0. The van der Waals surface area contributed by atoms with Gasteiger partial charge in [-0.05, 0) is 30.1 Å².